The molecule has 2 N–H and O–H groups in total. The Morgan fingerprint density at radius 2 is 2.24 bits per heavy atom. The smallest absolute Gasteiger partial charge is 0.243 e. The molecule has 0 unspecified atom stereocenters. The summed E-state index contributed by atoms with van der Waals surface area (Å²) in [6, 6.07) is 1.30. The lowest BCUT2D eigenvalue weighted by Gasteiger charge is -1.99. The molecule has 0 radical (unpaired) electrons. The molecule has 0 bridgehead atoms. The van der Waals surface area contributed by atoms with Gasteiger partial charge in [0.15, 0.2) is 0 Å². The highest BCUT2D eigenvalue weighted by Gasteiger charge is 2.16. The van der Waals surface area contributed by atoms with Crippen LogP contribution in [0.4, 0.5) is 0 Å². The summed E-state index contributed by atoms with van der Waals surface area (Å²) in [5, 5.41) is 4.61. The van der Waals surface area contributed by atoms with Crippen molar-refractivity contribution in [3.63, 3.8) is 0 Å². The summed E-state index contributed by atoms with van der Waals surface area (Å²) >= 11 is 11.7. The van der Waals surface area contributed by atoms with Crippen molar-refractivity contribution in [2.24, 2.45) is 5.73 Å². The van der Waals surface area contributed by atoms with E-state index in [1.807, 2.05) is 6.92 Å². The van der Waals surface area contributed by atoms with Gasteiger partial charge in [-0.3, -0.25) is 0 Å². The second kappa shape index (κ2) is 5.00. The third-order valence-electron chi connectivity index (χ3n) is 2.22. The number of nitrogens with zero attached hydrogens (tertiary/aromatic N) is 3. The van der Waals surface area contributed by atoms with Crippen LogP contribution in [0, 0.1) is 0 Å². The average Bonchev–Trinajstić information content (AvgIpc) is 2.77. The van der Waals surface area contributed by atoms with E-state index in [1.165, 1.54) is 6.20 Å². The molecule has 0 aliphatic carbocycles. The second-order valence-corrected chi connectivity index (χ2v) is 4.30. The highest BCUT2D eigenvalue weighted by Crippen LogP contribution is 2.26. The Labute approximate surface area is 108 Å². The number of hydrogen-bond acceptors (Lipinski definition) is 5. The molecule has 0 aromatic carbocycles. The summed E-state index contributed by atoms with van der Waals surface area (Å²) in [5.74, 6) is 0.681. The SMILES string of the molecule is CC[C@@H](N)c1nc(-c2ncc(Cl)cc2Cl)no1. The van der Waals surface area contributed by atoms with Crippen molar-refractivity contribution < 1.29 is 4.52 Å². The third kappa shape index (κ3) is 2.57. The maximum atomic E-state index is 5.99. The molecule has 0 aliphatic rings. The molecule has 0 amide bonds. The molecule has 5 nitrogen and oxygen atoms in total. The Morgan fingerprint density at radius 1 is 1.47 bits per heavy atom. The van der Waals surface area contributed by atoms with Crippen LogP contribution in [-0.2, 0) is 0 Å². The van der Waals surface area contributed by atoms with Crippen LogP contribution in [0.1, 0.15) is 25.3 Å². The monoisotopic (exact) mass is 272 g/mol. The molecular formula is C10H10Cl2N4O. The Hall–Kier alpha value is -1.17. The maximum absolute atomic E-state index is 5.99. The first-order valence-corrected chi connectivity index (χ1v) is 5.78. The summed E-state index contributed by atoms with van der Waals surface area (Å²) in [6.07, 6.45) is 2.18. The minimum absolute atomic E-state index is 0.276. The van der Waals surface area contributed by atoms with Crippen LogP contribution in [0.25, 0.3) is 11.5 Å². The van der Waals surface area contributed by atoms with Gasteiger partial charge in [-0.2, -0.15) is 4.98 Å². The van der Waals surface area contributed by atoms with Crippen LogP contribution in [0.5, 0.6) is 0 Å². The van der Waals surface area contributed by atoms with E-state index in [4.69, 9.17) is 33.5 Å². The van der Waals surface area contributed by atoms with E-state index in [0.717, 1.165) is 0 Å². The normalized spacial score (nSPS) is 12.7. The van der Waals surface area contributed by atoms with Crippen LogP contribution in [0.3, 0.4) is 0 Å². The predicted molar refractivity (Wildman–Crippen MR) is 64.8 cm³/mol. The van der Waals surface area contributed by atoms with E-state index in [2.05, 4.69) is 15.1 Å². The van der Waals surface area contributed by atoms with Crippen molar-refractivity contribution in [1.29, 1.82) is 0 Å². The fourth-order valence-corrected chi connectivity index (χ4v) is 1.70. The minimum atomic E-state index is -0.276. The van der Waals surface area contributed by atoms with Crippen LogP contribution < -0.4 is 5.73 Å². The number of nitrogens with two attached hydrogens (primary N) is 1. The van der Waals surface area contributed by atoms with Gasteiger partial charge in [0.05, 0.1) is 16.1 Å². The zero-order valence-electron chi connectivity index (χ0n) is 9.02. The fraction of sp³-hybridized carbons (Fsp3) is 0.300. The number of halogens is 2. The molecule has 2 heterocycles. The molecule has 0 spiro atoms. The molecule has 2 aromatic rings. The molecule has 0 saturated carbocycles. The molecule has 0 fully saturated rings. The molecule has 2 aromatic heterocycles. The summed E-state index contributed by atoms with van der Waals surface area (Å²) in [7, 11) is 0. The van der Waals surface area contributed by atoms with Gasteiger partial charge < -0.3 is 10.3 Å². The van der Waals surface area contributed by atoms with Gasteiger partial charge in [0.1, 0.15) is 5.69 Å². The van der Waals surface area contributed by atoms with E-state index in [0.29, 0.717) is 33.9 Å². The number of hydrogen-bond donors (Lipinski definition) is 1. The Kier molecular flexibility index (Phi) is 3.61. The largest absolute Gasteiger partial charge is 0.337 e. The molecule has 17 heavy (non-hydrogen) atoms. The quantitative estimate of drug-likeness (QED) is 0.930. The van der Waals surface area contributed by atoms with Crippen molar-refractivity contribution in [1.82, 2.24) is 15.1 Å². The van der Waals surface area contributed by atoms with Crippen LogP contribution >= 0.6 is 23.2 Å². The minimum Gasteiger partial charge on any atom is -0.337 e. The lowest BCUT2D eigenvalue weighted by molar-refractivity contribution is 0.352. The van der Waals surface area contributed by atoms with Crippen molar-refractivity contribution >= 4 is 23.2 Å². The van der Waals surface area contributed by atoms with Crippen LogP contribution in [-0.4, -0.2) is 15.1 Å². The van der Waals surface area contributed by atoms with Crippen LogP contribution in [0.15, 0.2) is 16.8 Å². The molecule has 0 saturated heterocycles. The van der Waals surface area contributed by atoms with Gasteiger partial charge in [0, 0.05) is 6.20 Å². The molecule has 90 valence electrons. The summed E-state index contributed by atoms with van der Waals surface area (Å²) in [5.41, 5.74) is 6.20. The van der Waals surface area contributed by atoms with Gasteiger partial charge in [0.25, 0.3) is 0 Å². The van der Waals surface area contributed by atoms with Gasteiger partial charge in [-0.1, -0.05) is 35.3 Å². The molecular weight excluding hydrogens is 263 g/mol. The lowest BCUT2D eigenvalue weighted by atomic mass is 10.2. The number of rotatable bonds is 3. The summed E-state index contributed by atoms with van der Waals surface area (Å²) in [4.78, 5) is 8.21. The van der Waals surface area contributed by atoms with Crippen LogP contribution in [0.2, 0.25) is 10.0 Å². The van der Waals surface area contributed by atoms with E-state index >= 15 is 0 Å². The standard InChI is InChI=1S/C10H10Cl2N4O/c1-2-7(13)10-15-9(16-17-10)8-6(12)3-5(11)4-14-8/h3-4,7H,2,13H2,1H3/t7-/m1/s1. The number of pyridine rings is 1. The van der Waals surface area contributed by atoms with E-state index < -0.39 is 0 Å². The van der Waals surface area contributed by atoms with Gasteiger partial charge >= 0.3 is 0 Å². The predicted octanol–water partition coefficient (Wildman–Crippen LogP) is 2.85. The summed E-state index contributed by atoms with van der Waals surface area (Å²) in [6.45, 7) is 1.93. The first kappa shape index (κ1) is 12.3. The Balaban J connectivity index is 2.37. The number of aromatic nitrogens is 3. The third-order valence-corrected chi connectivity index (χ3v) is 2.71. The van der Waals surface area contributed by atoms with Crippen molar-refractivity contribution in [2.75, 3.05) is 0 Å². The average molecular weight is 273 g/mol. The molecule has 1 atom stereocenters. The first-order chi connectivity index (χ1) is 8.11. The lowest BCUT2D eigenvalue weighted by Crippen LogP contribution is -2.08. The summed E-state index contributed by atoms with van der Waals surface area (Å²) < 4.78 is 5.04. The van der Waals surface area contributed by atoms with E-state index in [1.54, 1.807) is 6.07 Å². The Bertz CT molecular complexity index is 529. The molecule has 0 aliphatic heterocycles. The zero-order valence-corrected chi connectivity index (χ0v) is 10.5. The van der Waals surface area contributed by atoms with Gasteiger partial charge in [-0.25, -0.2) is 4.98 Å². The second-order valence-electron chi connectivity index (χ2n) is 3.45. The van der Waals surface area contributed by atoms with E-state index in [9.17, 15) is 0 Å². The molecule has 7 heteroatoms. The van der Waals surface area contributed by atoms with Crippen molar-refractivity contribution in [2.45, 2.75) is 19.4 Å². The molecule has 2 rings (SSSR count). The highest BCUT2D eigenvalue weighted by atomic mass is 35.5. The zero-order chi connectivity index (χ0) is 12.4. The topological polar surface area (TPSA) is 77.8 Å². The van der Waals surface area contributed by atoms with Crippen molar-refractivity contribution in [3.05, 3.63) is 28.2 Å². The van der Waals surface area contributed by atoms with Gasteiger partial charge in [-0.15, -0.1) is 0 Å². The van der Waals surface area contributed by atoms with Gasteiger partial charge in [-0.05, 0) is 12.5 Å². The maximum Gasteiger partial charge on any atom is 0.243 e. The highest BCUT2D eigenvalue weighted by molar-refractivity contribution is 6.35. The Morgan fingerprint density at radius 3 is 2.88 bits per heavy atom. The fourth-order valence-electron chi connectivity index (χ4n) is 1.24. The van der Waals surface area contributed by atoms with E-state index in [-0.39, 0.29) is 6.04 Å². The van der Waals surface area contributed by atoms with Crippen molar-refractivity contribution in [3.8, 4) is 11.5 Å². The van der Waals surface area contributed by atoms with Gasteiger partial charge in [0.2, 0.25) is 11.7 Å². The first-order valence-electron chi connectivity index (χ1n) is 5.02.